The van der Waals surface area contributed by atoms with E-state index in [-0.39, 0.29) is 11.3 Å². The van der Waals surface area contributed by atoms with E-state index in [1.165, 1.54) is 11.1 Å². The number of hydrogen-bond acceptors (Lipinski definition) is 3. The van der Waals surface area contributed by atoms with Crippen molar-refractivity contribution in [3.8, 4) is 0 Å². The molecule has 1 atom stereocenters. The molecule has 1 saturated heterocycles. The second kappa shape index (κ2) is 5.71. The average Bonchev–Trinajstić information content (AvgIpc) is 3.10. The van der Waals surface area contributed by atoms with Crippen LogP contribution in [0.5, 0.6) is 0 Å². The van der Waals surface area contributed by atoms with E-state index >= 15 is 0 Å². The van der Waals surface area contributed by atoms with Crippen LogP contribution >= 0.6 is 11.8 Å². The van der Waals surface area contributed by atoms with Gasteiger partial charge in [-0.1, -0.05) is 29.8 Å². The van der Waals surface area contributed by atoms with E-state index in [0.717, 1.165) is 12.3 Å². The second-order valence-corrected chi connectivity index (χ2v) is 6.11. The topological polar surface area (TPSA) is 38.1 Å². The molecule has 3 rings (SSSR count). The molecular weight excluding hydrogens is 270 g/mol. The summed E-state index contributed by atoms with van der Waals surface area (Å²) < 4.78 is 1.68. The number of carbonyl (C=O) groups excluding carboxylic acids is 1. The molecule has 1 aromatic heterocycles. The van der Waals surface area contributed by atoms with Gasteiger partial charge in [-0.2, -0.15) is 5.10 Å². The summed E-state index contributed by atoms with van der Waals surface area (Å²) in [6.07, 6.45) is 3.52. The zero-order chi connectivity index (χ0) is 13.9. The summed E-state index contributed by atoms with van der Waals surface area (Å²) in [4.78, 5) is 14.4. The van der Waals surface area contributed by atoms with Crippen LogP contribution in [-0.2, 0) is 11.3 Å². The van der Waals surface area contributed by atoms with Gasteiger partial charge in [-0.3, -0.25) is 9.48 Å². The van der Waals surface area contributed by atoms with E-state index in [2.05, 4.69) is 36.3 Å². The van der Waals surface area contributed by atoms with Gasteiger partial charge in [-0.05, 0) is 18.6 Å². The molecule has 0 N–H and O–H groups in total. The zero-order valence-electron chi connectivity index (χ0n) is 11.4. The first kappa shape index (κ1) is 13.2. The van der Waals surface area contributed by atoms with Crippen molar-refractivity contribution in [1.29, 1.82) is 0 Å². The van der Waals surface area contributed by atoms with Crippen molar-refractivity contribution < 1.29 is 4.79 Å². The first-order valence-corrected chi connectivity index (χ1v) is 7.74. The Balaban J connectivity index is 1.75. The summed E-state index contributed by atoms with van der Waals surface area (Å²) >= 11 is 1.83. The molecule has 0 bridgehead atoms. The predicted molar refractivity (Wildman–Crippen MR) is 80.3 cm³/mol. The highest BCUT2D eigenvalue weighted by Crippen LogP contribution is 2.37. The third-order valence-electron chi connectivity index (χ3n) is 3.43. The first-order valence-electron chi connectivity index (χ1n) is 6.69. The molecule has 20 heavy (non-hydrogen) atoms. The molecule has 0 radical (unpaired) electrons. The van der Waals surface area contributed by atoms with Gasteiger partial charge in [0.25, 0.3) is 0 Å². The number of thioether (sulfide) groups is 1. The standard InChI is InChI=1S/C15H17N3OS/c1-12-3-5-13(6-4-12)15-18(9-10-20-15)14(19)11-17-8-2-7-16-17/h2-8,15H,9-11H2,1H3. The molecule has 2 aromatic rings. The van der Waals surface area contributed by atoms with Crippen LogP contribution in [0.4, 0.5) is 0 Å². The van der Waals surface area contributed by atoms with Crippen LogP contribution in [0.2, 0.25) is 0 Å². The number of aromatic nitrogens is 2. The molecule has 4 nitrogen and oxygen atoms in total. The minimum atomic E-state index is 0.129. The molecule has 1 aromatic carbocycles. The molecule has 5 heteroatoms. The Labute approximate surface area is 122 Å². The SMILES string of the molecule is Cc1ccc(C2SCCN2C(=O)Cn2cccn2)cc1. The highest BCUT2D eigenvalue weighted by Gasteiger charge is 2.30. The van der Waals surface area contributed by atoms with Gasteiger partial charge in [0.05, 0.1) is 0 Å². The van der Waals surface area contributed by atoms with Crippen LogP contribution in [0.25, 0.3) is 0 Å². The van der Waals surface area contributed by atoms with Gasteiger partial charge in [-0.15, -0.1) is 11.8 Å². The smallest absolute Gasteiger partial charge is 0.245 e. The molecule has 1 fully saturated rings. The Morgan fingerprint density at radius 1 is 1.40 bits per heavy atom. The lowest BCUT2D eigenvalue weighted by Crippen LogP contribution is -2.33. The Kier molecular flexibility index (Phi) is 3.78. The Morgan fingerprint density at radius 3 is 2.90 bits per heavy atom. The number of benzene rings is 1. The van der Waals surface area contributed by atoms with Crippen molar-refractivity contribution in [1.82, 2.24) is 14.7 Å². The first-order chi connectivity index (χ1) is 9.74. The third kappa shape index (κ3) is 2.72. The molecule has 1 aliphatic rings. The van der Waals surface area contributed by atoms with Crippen LogP contribution in [0.3, 0.4) is 0 Å². The van der Waals surface area contributed by atoms with Crippen LogP contribution in [0.15, 0.2) is 42.7 Å². The Bertz CT molecular complexity index is 580. The largest absolute Gasteiger partial charge is 0.324 e. The fourth-order valence-corrected chi connectivity index (χ4v) is 3.63. The van der Waals surface area contributed by atoms with Gasteiger partial charge in [-0.25, -0.2) is 0 Å². The third-order valence-corrected chi connectivity index (χ3v) is 4.69. The summed E-state index contributed by atoms with van der Waals surface area (Å²) in [5.41, 5.74) is 2.44. The predicted octanol–water partition coefficient (Wildman–Crippen LogP) is 2.47. The molecule has 0 saturated carbocycles. The Morgan fingerprint density at radius 2 is 2.20 bits per heavy atom. The molecule has 1 amide bonds. The van der Waals surface area contributed by atoms with E-state index in [1.807, 2.05) is 28.9 Å². The van der Waals surface area contributed by atoms with E-state index in [0.29, 0.717) is 6.54 Å². The summed E-state index contributed by atoms with van der Waals surface area (Å²) in [6.45, 7) is 3.20. The zero-order valence-corrected chi connectivity index (χ0v) is 12.2. The fraction of sp³-hybridized carbons (Fsp3) is 0.333. The van der Waals surface area contributed by atoms with E-state index < -0.39 is 0 Å². The lowest BCUT2D eigenvalue weighted by molar-refractivity contribution is -0.132. The normalized spacial score (nSPS) is 18.4. The number of aryl methyl sites for hydroxylation is 1. The Hall–Kier alpha value is -1.75. The lowest BCUT2D eigenvalue weighted by atomic mass is 10.1. The number of hydrogen-bond donors (Lipinski definition) is 0. The van der Waals surface area contributed by atoms with Crippen molar-refractivity contribution in [3.05, 3.63) is 53.9 Å². The maximum absolute atomic E-state index is 12.4. The molecule has 1 unspecified atom stereocenters. The number of nitrogens with zero attached hydrogens (tertiary/aromatic N) is 3. The van der Waals surface area contributed by atoms with Crippen LogP contribution in [0.1, 0.15) is 16.5 Å². The lowest BCUT2D eigenvalue weighted by Gasteiger charge is -2.24. The van der Waals surface area contributed by atoms with Crippen molar-refractivity contribution in [2.75, 3.05) is 12.3 Å². The van der Waals surface area contributed by atoms with E-state index in [1.54, 1.807) is 10.9 Å². The van der Waals surface area contributed by atoms with Gasteiger partial charge >= 0.3 is 0 Å². The van der Waals surface area contributed by atoms with Crippen LogP contribution in [0, 0.1) is 6.92 Å². The van der Waals surface area contributed by atoms with Crippen LogP contribution in [-0.4, -0.2) is 32.9 Å². The summed E-state index contributed by atoms with van der Waals surface area (Å²) in [6, 6.07) is 10.3. The molecule has 0 aliphatic carbocycles. The average molecular weight is 287 g/mol. The fourth-order valence-electron chi connectivity index (χ4n) is 2.36. The van der Waals surface area contributed by atoms with Crippen molar-refractivity contribution in [2.45, 2.75) is 18.8 Å². The molecule has 1 aliphatic heterocycles. The van der Waals surface area contributed by atoms with Gasteiger partial charge in [0.1, 0.15) is 11.9 Å². The summed E-state index contributed by atoms with van der Waals surface area (Å²) in [5.74, 6) is 1.12. The number of amides is 1. The molecule has 104 valence electrons. The van der Waals surface area contributed by atoms with Crippen LogP contribution < -0.4 is 0 Å². The number of carbonyl (C=O) groups is 1. The number of rotatable bonds is 3. The maximum atomic E-state index is 12.4. The summed E-state index contributed by atoms with van der Waals surface area (Å²) in [7, 11) is 0. The van der Waals surface area contributed by atoms with E-state index in [4.69, 9.17) is 0 Å². The van der Waals surface area contributed by atoms with E-state index in [9.17, 15) is 4.79 Å². The highest BCUT2D eigenvalue weighted by molar-refractivity contribution is 7.99. The van der Waals surface area contributed by atoms with Crippen molar-refractivity contribution >= 4 is 17.7 Å². The monoisotopic (exact) mass is 287 g/mol. The van der Waals surface area contributed by atoms with Gasteiger partial charge in [0, 0.05) is 24.7 Å². The second-order valence-electron chi connectivity index (χ2n) is 4.92. The van der Waals surface area contributed by atoms with Gasteiger partial charge in [0.15, 0.2) is 0 Å². The minimum absolute atomic E-state index is 0.129. The maximum Gasteiger partial charge on any atom is 0.245 e. The quantitative estimate of drug-likeness (QED) is 0.870. The van der Waals surface area contributed by atoms with Gasteiger partial charge < -0.3 is 4.90 Å². The summed E-state index contributed by atoms with van der Waals surface area (Å²) in [5, 5.41) is 4.24. The minimum Gasteiger partial charge on any atom is -0.324 e. The highest BCUT2D eigenvalue weighted by atomic mass is 32.2. The molecule has 2 heterocycles. The molecular formula is C15H17N3OS. The van der Waals surface area contributed by atoms with Crippen molar-refractivity contribution in [3.63, 3.8) is 0 Å². The van der Waals surface area contributed by atoms with Gasteiger partial charge in [0.2, 0.25) is 5.91 Å². The molecule has 0 spiro atoms. The van der Waals surface area contributed by atoms with Crippen molar-refractivity contribution in [2.24, 2.45) is 0 Å².